The fourth-order valence-electron chi connectivity index (χ4n) is 1.60. The second-order valence-corrected chi connectivity index (χ2v) is 6.57. The van der Waals surface area contributed by atoms with Crippen molar-refractivity contribution in [2.24, 2.45) is 0 Å². The number of halogens is 2. The predicted molar refractivity (Wildman–Crippen MR) is 76.9 cm³/mol. The Morgan fingerprint density at radius 1 is 1.16 bits per heavy atom. The molecule has 1 aliphatic rings. The molecule has 2 rings (SSSR count). The minimum Gasteiger partial charge on any atom is -0.395 e. The normalized spacial score (nSPS) is 15.4. The maximum Gasteiger partial charge on any atom is 0.586 e. The molecule has 0 spiro atoms. The third-order valence-electron chi connectivity index (χ3n) is 2.28. The average Bonchev–Trinajstić information content (AvgIpc) is 2.63. The lowest BCUT2D eigenvalue weighted by Gasteiger charge is -2.04. The van der Waals surface area contributed by atoms with E-state index in [2.05, 4.69) is 23.3 Å². The minimum atomic E-state index is -3.55. The molecule has 0 N–H and O–H groups in total. The number of fused-ring (bicyclic) bond motifs is 1. The molecule has 6 heteroatoms. The van der Waals surface area contributed by atoms with Crippen molar-refractivity contribution in [2.75, 3.05) is 11.5 Å². The summed E-state index contributed by atoms with van der Waals surface area (Å²) in [6, 6.07) is 4.83. The number of rotatable bonds is 5. The van der Waals surface area contributed by atoms with Gasteiger partial charge in [-0.25, -0.2) is 0 Å². The van der Waals surface area contributed by atoms with Crippen LogP contribution in [0.15, 0.2) is 22.4 Å². The predicted octanol–water partition coefficient (Wildman–Crippen LogP) is 4.81. The number of thioether (sulfide) groups is 2. The summed E-state index contributed by atoms with van der Waals surface area (Å²) < 4.78 is 35.8. The molecule has 104 valence electrons. The van der Waals surface area contributed by atoms with Crippen molar-refractivity contribution in [3.63, 3.8) is 0 Å². The topological polar surface area (TPSA) is 18.5 Å². The van der Waals surface area contributed by atoms with E-state index < -0.39 is 6.29 Å². The summed E-state index contributed by atoms with van der Waals surface area (Å²) in [5, 5.41) is 0. The second kappa shape index (κ2) is 6.05. The molecule has 0 atom stereocenters. The molecule has 0 aromatic heterocycles. The Morgan fingerprint density at radius 3 is 2.42 bits per heavy atom. The molecule has 1 aromatic carbocycles. The van der Waals surface area contributed by atoms with Crippen molar-refractivity contribution in [1.29, 1.82) is 0 Å². The SMILES string of the molecule is CCSC(=Cc1ccc2c(c1)OC(F)(F)O2)SCC. The first kappa shape index (κ1) is 14.5. The monoisotopic (exact) mass is 304 g/mol. The quantitative estimate of drug-likeness (QED) is 0.776. The minimum absolute atomic E-state index is 0.0787. The van der Waals surface area contributed by atoms with Crippen LogP contribution in [0.25, 0.3) is 6.08 Å². The van der Waals surface area contributed by atoms with Gasteiger partial charge in [0.05, 0.1) is 0 Å². The fourth-order valence-corrected chi connectivity index (χ4v) is 3.65. The van der Waals surface area contributed by atoms with Crippen LogP contribution < -0.4 is 9.47 Å². The van der Waals surface area contributed by atoms with Gasteiger partial charge in [-0.1, -0.05) is 19.9 Å². The van der Waals surface area contributed by atoms with Crippen molar-refractivity contribution in [1.82, 2.24) is 0 Å². The summed E-state index contributed by atoms with van der Waals surface area (Å²) >= 11 is 3.47. The molecule has 0 radical (unpaired) electrons. The molecular formula is C13H14F2O2S2. The molecule has 0 saturated carbocycles. The number of benzene rings is 1. The van der Waals surface area contributed by atoms with Gasteiger partial charge in [0.2, 0.25) is 0 Å². The largest absolute Gasteiger partial charge is 0.586 e. The Balaban J connectivity index is 2.21. The maximum atomic E-state index is 12.9. The average molecular weight is 304 g/mol. The van der Waals surface area contributed by atoms with Gasteiger partial charge in [-0.05, 0) is 35.3 Å². The highest BCUT2D eigenvalue weighted by atomic mass is 32.2. The lowest BCUT2D eigenvalue weighted by molar-refractivity contribution is -0.286. The second-order valence-electron chi connectivity index (χ2n) is 3.70. The van der Waals surface area contributed by atoms with E-state index in [1.165, 1.54) is 6.07 Å². The van der Waals surface area contributed by atoms with Gasteiger partial charge < -0.3 is 9.47 Å². The Morgan fingerprint density at radius 2 is 1.79 bits per heavy atom. The first-order chi connectivity index (χ1) is 9.04. The van der Waals surface area contributed by atoms with Gasteiger partial charge in [0.1, 0.15) is 0 Å². The van der Waals surface area contributed by atoms with Gasteiger partial charge in [-0.15, -0.1) is 32.3 Å². The molecule has 0 aliphatic carbocycles. The van der Waals surface area contributed by atoms with E-state index in [1.54, 1.807) is 35.7 Å². The molecule has 0 saturated heterocycles. The van der Waals surface area contributed by atoms with Crippen LogP contribution in [0.4, 0.5) is 8.78 Å². The molecule has 0 amide bonds. The lowest BCUT2D eigenvalue weighted by Crippen LogP contribution is -2.25. The fraction of sp³-hybridized carbons (Fsp3) is 0.385. The maximum absolute atomic E-state index is 12.9. The molecule has 19 heavy (non-hydrogen) atoms. The summed E-state index contributed by atoms with van der Waals surface area (Å²) in [6.07, 6.45) is -1.58. The van der Waals surface area contributed by atoms with E-state index in [0.717, 1.165) is 21.3 Å². The van der Waals surface area contributed by atoms with Crippen molar-refractivity contribution < 1.29 is 18.3 Å². The third-order valence-corrected chi connectivity index (χ3v) is 4.37. The number of hydrogen-bond acceptors (Lipinski definition) is 4. The standard InChI is InChI=1S/C13H14F2O2S2/c1-3-18-12(19-4-2)8-9-5-6-10-11(7-9)17-13(14,15)16-10/h5-8H,3-4H2,1-2H3. The Kier molecular flexibility index (Phi) is 4.62. The van der Waals surface area contributed by atoms with Crippen LogP contribution in [0.3, 0.4) is 0 Å². The van der Waals surface area contributed by atoms with E-state index in [0.29, 0.717) is 0 Å². The van der Waals surface area contributed by atoms with E-state index in [4.69, 9.17) is 0 Å². The van der Waals surface area contributed by atoms with Crippen molar-refractivity contribution in [2.45, 2.75) is 20.1 Å². The van der Waals surface area contributed by atoms with E-state index in [-0.39, 0.29) is 11.5 Å². The highest BCUT2D eigenvalue weighted by molar-refractivity contribution is 8.22. The van der Waals surface area contributed by atoms with Gasteiger partial charge in [0.15, 0.2) is 11.5 Å². The van der Waals surface area contributed by atoms with Crippen LogP contribution in [-0.4, -0.2) is 17.8 Å². The van der Waals surface area contributed by atoms with Gasteiger partial charge in [0, 0.05) is 4.24 Å². The Hall–Kier alpha value is -0.880. The smallest absolute Gasteiger partial charge is 0.395 e. The van der Waals surface area contributed by atoms with Crippen LogP contribution in [0.2, 0.25) is 0 Å². The summed E-state index contributed by atoms with van der Waals surface area (Å²) in [5.74, 6) is 2.11. The summed E-state index contributed by atoms with van der Waals surface area (Å²) in [6.45, 7) is 4.16. The third kappa shape index (κ3) is 3.79. The summed E-state index contributed by atoms with van der Waals surface area (Å²) in [7, 11) is 0. The van der Waals surface area contributed by atoms with Crippen LogP contribution in [0.5, 0.6) is 11.5 Å². The Bertz CT molecular complexity index is 482. The van der Waals surface area contributed by atoms with Crippen molar-refractivity contribution in [3.05, 3.63) is 28.0 Å². The van der Waals surface area contributed by atoms with Crippen LogP contribution in [0, 0.1) is 0 Å². The van der Waals surface area contributed by atoms with E-state index in [1.807, 2.05) is 6.08 Å². The van der Waals surface area contributed by atoms with Crippen LogP contribution in [-0.2, 0) is 0 Å². The molecular weight excluding hydrogens is 290 g/mol. The summed E-state index contributed by atoms with van der Waals surface area (Å²) in [5.41, 5.74) is 0.831. The molecule has 0 unspecified atom stereocenters. The van der Waals surface area contributed by atoms with Crippen molar-refractivity contribution >= 4 is 29.6 Å². The van der Waals surface area contributed by atoms with Crippen molar-refractivity contribution in [3.8, 4) is 11.5 Å². The number of ether oxygens (including phenoxy) is 2. The molecule has 2 nitrogen and oxygen atoms in total. The van der Waals surface area contributed by atoms with Gasteiger partial charge in [-0.3, -0.25) is 0 Å². The molecule has 0 fully saturated rings. The number of hydrogen-bond donors (Lipinski definition) is 0. The zero-order valence-corrected chi connectivity index (χ0v) is 12.2. The van der Waals surface area contributed by atoms with Gasteiger partial charge >= 0.3 is 6.29 Å². The molecule has 0 bridgehead atoms. The molecule has 1 heterocycles. The van der Waals surface area contributed by atoms with Crippen LogP contribution >= 0.6 is 23.5 Å². The zero-order chi connectivity index (χ0) is 13.9. The summed E-state index contributed by atoms with van der Waals surface area (Å²) in [4.78, 5) is 0. The highest BCUT2D eigenvalue weighted by Crippen LogP contribution is 2.42. The molecule has 1 aliphatic heterocycles. The first-order valence-corrected chi connectivity index (χ1v) is 7.88. The molecule has 1 aromatic rings. The highest BCUT2D eigenvalue weighted by Gasteiger charge is 2.43. The van der Waals surface area contributed by atoms with E-state index in [9.17, 15) is 8.78 Å². The van der Waals surface area contributed by atoms with Gasteiger partial charge in [-0.2, -0.15) is 0 Å². The Labute approximate surface area is 119 Å². The first-order valence-electron chi connectivity index (χ1n) is 5.91. The number of alkyl halides is 2. The zero-order valence-electron chi connectivity index (χ0n) is 10.6. The van der Waals surface area contributed by atoms with E-state index >= 15 is 0 Å². The lowest BCUT2D eigenvalue weighted by atomic mass is 10.2. The van der Waals surface area contributed by atoms with Gasteiger partial charge in [0.25, 0.3) is 0 Å². The van der Waals surface area contributed by atoms with Crippen LogP contribution in [0.1, 0.15) is 19.4 Å².